The van der Waals surface area contributed by atoms with Crippen LogP contribution in [0.5, 0.6) is 11.5 Å². The molecule has 0 aliphatic carbocycles. The molecule has 3 N–H and O–H groups in total. The van der Waals surface area contributed by atoms with Crippen molar-refractivity contribution in [3.05, 3.63) is 54.9 Å². The fourth-order valence-corrected chi connectivity index (χ4v) is 4.65. The largest absolute Gasteiger partial charge is 0.483 e. The van der Waals surface area contributed by atoms with Crippen LogP contribution in [0.3, 0.4) is 0 Å². The van der Waals surface area contributed by atoms with E-state index in [-0.39, 0.29) is 18.3 Å². The highest BCUT2D eigenvalue weighted by Gasteiger charge is 2.11. The van der Waals surface area contributed by atoms with E-state index in [1.165, 1.54) is 0 Å². The minimum absolute atomic E-state index is 0.0663. The molecule has 0 unspecified atom stereocenters. The second kappa shape index (κ2) is 12.4. The highest BCUT2D eigenvalue weighted by atomic mass is 79.9. The van der Waals surface area contributed by atoms with Crippen LogP contribution in [0.15, 0.2) is 43.7 Å². The van der Waals surface area contributed by atoms with Gasteiger partial charge in [0.1, 0.15) is 11.5 Å². The number of nitrogens with one attached hydrogen (secondary N) is 3. The summed E-state index contributed by atoms with van der Waals surface area (Å²) in [5, 5.41) is 2.35. The third kappa shape index (κ3) is 8.40. The normalized spacial score (nSPS) is 10.2. The summed E-state index contributed by atoms with van der Waals surface area (Å²) >= 11 is 15.2. The van der Waals surface area contributed by atoms with E-state index in [0.29, 0.717) is 11.5 Å². The lowest BCUT2D eigenvalue weighted by Crippen LogP contribution is -2.50. The van der Waals surface area contributed by atoms with Gasteiger partial charge in [0.25, 0.3) is 11.8 Å². The number of ether oxygens (including phenoxy) is 2. The summed E-state index contributed by atoms with van der Waals surface area (Å²) < 4.78 is 13.4. The van der Waals surface area contributed by atoms with Gasteiger partial charge >= 0.3 is 0 Å². The SMILES string of the molecule is CCc1ccc(OCC(=O)NC(=S)NNC(=O)COc2c(C)cc(Br)cc2Br)c(Br)c1. The van der Waals surface area contributed by atoms with Gasteiger partial charge in [0, 0.05) is 4.47 Å². The molecule has 0 aliphatic heterocycles. The number of thiocarbonyl (C=S) groups is 1. The number of amides is 2. The molecular weight excluding hydrogens is 618 g/mol. The van der Waals surface area contributed by atoms with Gasteiger partial charge in [0.2, 0.25) is 0 Å². The molecule has 0 aliphatic rings. The highest BCUT2D eigenvalue weighted by Crippen LogP contribution is 2.32. The van der Waals surface area contributed by atoms with E-state index in [0.717, 1.165) is 31.0 Å². The van der Waals surface area contributed by atoms with Crippen LogP contribution in [0.1, 0.15) is 18.1 Å². The van der Waals surface area contributed by atoms with Crippen molar-refractivity contribution < 1.29 is 19.1 Å². The zero-order valence-corrected chi connectivity index (χ0v) is 22.3. The van der Waals surface area contributed by atoms with E-state index in [9.17, 15) is 9.59 Å². The Kier molecular flexibility index (Phi) is 10.2. The fourth-order valence-electron chi connectivity index (χ4n) is 2.39. The zero-order chi connectivity index (χ0) is 23.0. The van der Waals surface area contributed by atoms with Crippen molar-refractivity contribution in [2.24, 2.45) is 0 Å². The third-order valence-corrected chi connectivity index (χ3v) is 5.74. The Morgan fingerprint density at radius 3 is 2.32 bits per heavy atom. The van der Waals surface area contributed by atoms with Crippen molar-refractivity contribution >= 4 is 76.9 Å². The van der Waals surface area contributed by atoms with Crippen LogP contribution in [0.2, 0.25) is 0 Å². The summed E-state index contributed by atoms with van der Waals surface area (Å²) in [5.74, 6) is 0.168. The molecular formula is C20H20Br3N3O4S. The van der Waals surface area contributed by atoms with Crippen LogP contribution < -0.4 is 25.6 Å². The van der Waals surface area contributed by atoms with Gasteiger partial charge < -0.3 is 9.47 Å². The molecule has 0 atom stereocenters. The van der Waals surface area contributed by atoms with Gasteiger partial charge in [-0.3, -0.25) is 25.8 Å². The molecule has 11 heteroatoms. The lowest BCUT2D eigenvalue weighted by atomic mass is 10.2. The van der Waals surface area contributed by atoms with Crippen LogP contribution in [0.25, 0.3) is 0 Å². The smallest absolute Gasteiger partial charge is 0.276 e. The van der Waals surface area contributed by atoms with Crippen LogP contribution >= 0.6 is 60.0 Å². The molecule has 2 aromatic carbocycles. The van der Waals surface area contributed by atoms with E-state index in [4.69, 9.17) is 21.7 Å². The summed E-state index contributed by atoms with van der Waals surface area (Å²) in [6.45, 7) is 3.44. The highest BCUT2D eigenvalue weighted by molar-refractivity contribution is 9.11. The number of halogens is 3. The van der Waals surface area contributed by atoms with Crippen LogP contribution in [-0.4, -0.2) is 30.1 Å². The molecule has 0 saturated carbocycles. The number of carbonyl (C=O) groups is 2. The lowest BCUT2D eigenvalue weighted by molar-refractivity contribution is -0.124. The van der Waals surface area contributed by atoms with Gasteiger partial charge in [0.05, 0.1) is 8.95 Å². The molecule has 166 valence electrons. The molecule has 7 nitrogen and oxygen atoms in total. The molecule has 31 heavy (non-hydrogen) atoms. The Hall–Kier alpha value is -1.69. The van der Waals surface area contributed by atoms with Gasteiger partial charge in [-0.2, -0.15) is 0 Å². The maximum Gasteiger partial charge on any atom is 0.276 e. The Morgan fingerprint density at radius 1 is 0.968 bits per heavy atom. The number of hydrogen-bond acceptors (Lipinski definition) is 5. The number of hydrazine groups is 1. The molecule has 0 fully saturated rings. The summed E-state index contributed by atoms with van der Waals surface area (Å²) in [6.07, 6.45) is 0.899. The second-order valence-electron chi connectivity index (χ2n) is 6.28. The minimum Gasteiger partial charge on any atom is -0.483 e. The molecule has 2 amide bonds. The van der Waals surface area contributed by atoms with E-state index >= 15 is 0 Å². The van der Waals surface area contributed by atoms with E-state index in [1.54, 1.807) is 6.07 Å². The second-order valence-corrected chi connectivity index (χ2v) is 9.31. The molecule has 0 heterocycles. The zero-order valence-electron chi connectivity index (χ0n) is 16.7. The first-order chi connectivity index (χ1) is 14.7. The number of rotatable bonds is 7. The van der Waals surface area contributed by atoms with Crippen LogP contribution in [-0.2, 0) is 16.0 Å². The van der Waals surface area contributed by atoms with Crippen molar-refractivity contribution in [3.63, 3.8) is 0 Å². The summed E-state index contributed by atoms with van der Waals surface area (Å²) in [4.78, 5) is 24.0. The van der Waals surface area contributed by atoms with Gasteiger partial charge in [-0.15, -0.1) is 0 Å². The number of carbonyl (C=O) groups excluding carboxylic acids is 2. The van der Waals surface area contributed by atoms with Crippen molar-refractivity contribution in [2.45, 2.75) is 20.3 Å². The summed E-state index contributed by atoms with van der Waals surface area (Å²) in [5.41, 5.74) is 6.82. The monoisotopic (exact) mass is 635 g/mol. The molecule has 0 saturated heterocycles. The van der Waals surface area contributed by atoms with E-state index in [2.05, 4.69) is 70.9 Å². The number of benzene rings is 2. The Labute approximate surface area is 211 Å². The van der Waals surface area contributed by atoms with Gasteiger partial charge in [0.15, 0.2) is 18.3 Å². The minimum atomic E-state index is -0.470. The van der Waals surface area contributed by atoms with Crippen molar-refractivity contribution in [3.8, 4) is 11.5 Å². The molecule has 0 spiro atoms. The average Bonchev–Trinajstić information content (AvgIpc) is 2.70. The summed E-state index contributed by atoms with van der Waals surface area (Å²) in [7, 11) is 0. The molecule has 0 aromatic heterocycles. The molecule has 0 bridgehead atoms. The van der Waals surface area contributed by atoms with Crippen LogP contribution in [0, 0.1) is 6.92 Å². The lowest BCUT2D eigenvalue weighted by Gasteiger charge is -2.14. The maximum absolute atomic E-state index is 12.0. The van der Waals surface area contributed by atoms with Gasteiger partial charge in [-0.25, -0.2) is 0 Å². The Morgan fingerprint density at radius 2 is 1.68 bits per heavy atom. The average molecular weight is 638 g/mol. The van der Waals surface area contributed by atoms with E-state index < -0.39 is 11.8 Å². The van der Waals surface area contributed by atoms with Crippen LogP contribution in [0.4, 0.5) is 0 Å². The Balaban J connectivity index is 1.72. The van der Waals surface area contributed by atoms with Gasteiger partial charge in [-0.1, -0.05) is 28.9 Å². The topological polar surface area (TPSA) is 88.7 Å². The van der Waals surface area contributed by atoms with Gasteiger partial charge in [-0.05, 0) is 92.8 Å². The first kappa shape index (κ1) is 25.6. The summed E-state index contributed by atoms with van der Waals surface area (Å²) in [6, 6.07) is 9.35. The molecule has 0 radical (unpaired) electrons. The number of aryl methyl sites for hydroxylation is 2. The fraction of sp³-hybridized carbons (Fsp3) is 0.250. The quantitative estimate of drug-likeness (QED) is 0.310. The predicted molar refractivity (Wildman–Crippen MR) is 133 cm³/mol. The predicted octanol–water partition coefficient (Wildman–Crippen LogP) is 4.32. The first-order valence-electron chi connectivity index (χ1n) is 9.08. The van der Waals surface area contributed by atoms with Crippen molar-refractivity contribution in [1.82, 2.24) is 16.2 Å². The van der Waals surface area contributed by atoms with Crippen molar-refractivity contribution in [1.29, 1.82) is 0 Å². The Bertz CT molecular complexity index is 965. The molecule has 2 rings (SSSR count). The standard InChI is InChI=1S/C20H20Br3N3O4S/c1-3-12-4-5-16(14(22)7-12)29-9-17(27)24-20(31)26-25-18(28)10-30-19-11(2)6-13(21)8-15(19)23/h4-8H,3,9-10H2,1-2H3,(H,25,28)(H2,24,26,27,31). The third-order valence-electron chi connectivity index (χ3n) is 3.87. The van der Waals surface area contributed by atoms with E-state index in [1.807, 2.05) is 31.2 Å². The first-order valence-corrected chi connectivity index (χ1v) is 11.9. The molecule has 2 aromatic rings. The number of hydrogen-bond donors (Lipinski definition) is 3. The van der Waals surface area contributed by atoms with Crippen molar-refractivity contribution in [2.75, 3.05) is 13.2 Å². The maximum atomic E-state index is 12.0.